The fourth-order valence-electron chi connectivity index (χ4n) is 3.79. The van der Waals surface area contributed by atoms with Crippen molar-refractivity contribution in [1.29, 1.82) is 0 Å². The number of amides is 1. The third-order valence-corrected chi connectivity index (χ3v) is 7.51. The first-order chi connectivity index (χ1) is 18.7. The summed E-state index contributed by atoms with van der Waals surface area (Å²) in [6.07, 6.45) is 2.61. The number of benzene rings is 2. The van der Waals surface area contributed by atoms with Crippen molar-refractivity contribution in [3.8, 4) is 22.1 Å². The molecule has 12 heteroatoms. The molecule has 0 radical (unpaired) electrons. The van der Waals surface area contributed by atoms with Gasteiger partial charge in [-0.05, 0) is 44.2 Å². The number of carbonyl (C=O) groups excluding carboxylic acids is 1. The summed E-state index contributed by atoms with van der Waals surface area (Å²) in [5.74, 6) is -0.256. The highest BCUT2D eigenvalue weighted by molar-refractivity contribution is 7.21. The number of hydrogen-bond acceptors (Lipinski definition) is 8. The number of thiazole rings is 1. The van der Waals surface area contributed by atoms with Crippen LogP contribution in [-0.2, 0) is 4.74 Å². The lowest BCUT2D eigenvalue weighted by atomic mass is 10.1. The van der Waals surface area contributed by atoms with Crippen LogP contribution in [0.15, 0.2) is 55.0 Å². The van der Waals surface area contributed by atoms with E-state index in [0.717, 1.165) is 5.39 Å². The molecule has 0 saturated carbocycles. The van der Waals surface area contributed by atoms with Crippen LogP contribution in [0.2, 0.25) is 10.0 Å². The number of halogens is 3. The van der Waals surface area contributed by atoms with Gasteiger partial charge in [-0.1, -0.05) is 23.2 Å². The Balaban J connectivity index is 1.40. The molecule has 200 valence electrons. The molecule has 1 amide bonds. The van der Waals surface area contributed by atoms with Gasteiger partial charge in [0.25, 0.3) is 0 Å². The summed E-state index contributed by atoms with van der Waals surface area (Å²) in [5, 5.41) is 4.24. The van der Waals surface area contributed by atoms with E-state index in [9.17, 15) is 4.79 Å². The zero-order valence-corrected chi connectivity index (χ0v) is 23.2. The average molecular weight is 587 g/mol. The largest absolute Gasteiger partial charge is 0.495 e. The normalized spacial score (nSPS) is 12.8. The molecule has 8 nitrogen and oxygen atoms in total. The Bertz CT molecular complexity index is 1690. The van der Waals surface area contributed by atoms with E-state index >= 15 is 4.39 Å². The summed E-state index contributed by atoms with van der Waals surface area (Å²) in [7, 11) is 1.56. The van der Waals surface area contributed by atoms with Crippen LogP contribution in [0.4, 0.5) is 14.9 Å². The molecule has 0 saturated heterocycles. The van der Waals surface area contributed by atoms with Crippen LogP contribution in [0.1, 0.15) is 13.8 Å². The van der Waals surface area contributed by atoms with Crippen LogP contribution in [-0.4, -0.2) is 40.4 Å². The second-order valence-electron chi connectivity index (χ2n) is 8.56. The number of pyridine rings is 2. The molecule has 3 aromatic heterocycles. The first-order valence-corrected chi connectivity index (χ1v) is 13.3. The minimum Gasteiger partial charge on any atom is -0.495 e. The first-order valence-electron chi connectivity index (χ1n) is 11.7. The van der Waals surface area contributed by atoms with E-state index in [4.69, 9.17) is 37.4 Å². The number of anilines is 1. The second-order valence-corrected chi connectivity index (χ2v) is 10.4. The number of methoxy groups -OCH3 is 1. The van der Waals surface area contributed by atoms with E-state index in [-0.39, 0.29) is 16.3 Å². The molecular weight excluding hydrogens is 566 g/mol. The molecule has 5 aromatic rings. The fraction of sp³-hybridized carbons (Fsp3) is 0.185. The van der Waals surface area contributed by atoms with Crippen LogP contribution < -0.4 is 14.8 Å². The van der Waals surface area contributed by atoms with Crippen LogP contribution in [0.5, 0.6) is 11.5 Å². The highest BCUT2D eigenvalue weighted by Crippen LogP contribution is 2.41. The number of nitrogens with zero attached hydrogens (tertiary/aromatic N) is 3. The van der Waals surface area contributed by atoms with Crippen molar-refractivity contribution in [3.63, 3.8) is 0 Å². The van der Waals surface area contributed by atoms with Crippen LogP contribution in [0.25, 0.3) is 31.7 Å². The van der Waals surface area contributed by atoms with Gasteiger partial charge in [-0.15, -0.1) is 11.3 Å². The van der Waals surface area contributed by atoms with E-state index in [1.165, 1.54) is 17.4 Å². The maximum absolute atomic E-state index is 15.3. The van der Waals surface area contributed by atoms with E-state index in [1.54, 1.807) is 63.8 Å². The molecule has 1 N–H and O–H groups in total. The summed E-state index contributed by atoms with van der Waals surface area (Å²) in [6, 6.07) is 10.1. The zero-order chi connectivity index (χ0) is 27.7. The molecule has 2 aromatic carbocycles. The van der Waals surface area contributed by atoms with Gasteiger partial charge in [0.15, 0.2) is 11.6 Å². The molecule has 0 fully saturated rings. The summed E-state index contributed by atoms with van der Waals surface area (Å²) in [4.78, 5) is 25.2. The molecule has 3 heterocycles. The van der Waals surface area contributed by atoms with Crippen LogP contribution in [0.3, 0.4) is 0 Å². The van der Waals surface area contributed by atoms with Gasteiger partial charge >= 0.3 is 6.09 Å². The highest BCUT2D eigenvalue weighted by Gasteiger charge is 2.24. The van der Waals surface area contributed by atoms with E-state index in [0.29, 0.717) is 37.2 Å². The summed E-state index contributed by atoms with van der Waals surface area (Å²) >= 11 is 14.1. The Morgan fingerprint density at radius 3 is 2.59 bits per heavy atom. The van der Waals surface area contributed by atoms with Crippen molar-refractivity contribution in [2.75, 3.05) is 12.4 Å². The smallest absolute Gasteiger partial charge is 0.412 e. The second kappa shape index (κ2) is 11.2. The molecular formula is C27H21Cl2FN4O4S. The van der Waals surface area contributed by atoms with Gasteiger partial charge in [-0.2, -0.15) is 0 Å². The summed E-state index contributed by atoms with van der Waals surface area (Å²) < 4.78 is 32.3. The van der Waals surface area contributed by atoms with Crippen molar-refractivity contribution in [2.45, 2.75) is 26.1 Å². The van der Waals surface area contributed by atoms with Gasteiger partial charge in [0, 0.05) is 40.1 Å². The predicted octanol–water partition coefficient (Wildman–Crippen LogP) is 7.77. The van der Waals surface area contributed by atoms with Crippen molar-refractivity contribution in [3.05, 3.63) is 70.9 Å². The van der Waals surface area contributed by atoms with Gasteiger partial charge in [0.1, 0.15) is 33.5 Å². The molecule has 0 aliphatic heterocycles. The minimum absolute atomic E-state index is 0.0843. The van der Waals surface area contributed by atoms with Crippen molar-refractivity contribution < 1.29 is 23.4 Å². The summed E-state index contributed by atoms with van der Waals surface area (Å²) in [6.45, 7) is 3.31. The highest BCUT2D eigenvalue weighted by atomic mass is 35.5. The third kappa shape index (κ3) is 5.68. The number of ether oxygens (including phenoxy) is 3. The molecule has 0 bridgehead atoms. The molecule has 2 atom stereocenters. The van der Waals surface area contributed by atoms with Gasteiger partial charge in [0.2, 0.25) is 0 Å². The lowest BCUT2D eigenvalue weighted by molar-refractivity contribution is 0.0402. The monoisotopic (exact) mass is 586 g/mol. The van der Waals surface area contributed by atoms with E-state index < -0.39 is 24.1 Å². The lowest BCUT2D eigenvalue weighted by Crippen LogP contribution is -2.32. The Morgan fingerprint density at radius 1 is 1.08 bits per heavy atom. The number of rotatable bonds is 7. The van der Waals surface area contributed by atoms with Crippen molar-refractivity contribution in [1.82, 2.24) is 15.0 Å². The fourth-order valence-corrected chi connectivity index (χ4v) is 5.33. The first kappa shape index (κ1) is 26.9. The minimum atomic E-state index is -0.764. The van der Waals surface area contributed by atoms with Crippen molar-refractivity contribution >= 4 is 67.4 Å². The third-order valence-electron chi connectivity index (χ3n) is 5.91. The zero-order valence-electron chi connectivity index (χ0n) is 20.9. The molecule has 2 unspecified atom stereocenters. The van der Waals surface area contributed by atoms with Gasteiger partial charge in [-0.3, -0.25) is 15.3 Å². The molecule has 0 spiro atoms. The number of fused-ring (bicyclic) bond motifs is 2. The maximum atomic E-state index is 15.3. The number of aromatic nitrogens is 3. The lowest BCUT2D eigenvalue weighted by Gasteiger charge is -2.22. The molecule has 39 heavy (non-hydrogen) atoms. The molecule has 5 rings (SSSR count). The standard InChI is InChI=1S/C27H21Cl2FN4O4S/c1-13(14(2)38-27(35)33-17-4-6-31-7-5-17)37-20-11-21-25(22(29)23(20)30)34-26(39-21)19-10-16(28)8-15-9-18(36-3)12-32-24(15)19/h4-14H,1-3H3,(H,31,33,35). The Hall–Kier alpha value is -3.73. The van der Waals surface area contributed by atoms with E-state index in [1.807, 2.05) is 6.07 Å². The maximum Gasteiger partial charge on any atom is 0.412 e. The number of nitrogens with one attached hydrogen (secondary N) is 1. The van der Waals surface area contributed by atoms with Crippen molar-refractivity contribution in [2.24, 2.45) is 0 Å². The topological polar surface area (TPSA) is 95.5 Å². The SMILES string of the molecule is COc1cnc2c(-c3nc4c(Cl)c(F)c(OC(C)C(C)OC(=O)Nc5ccncc5)cc4s3)cc(Cl)cc2c1. The van der Waals surface area contributed by atoms with Gasteiger partial charge in [-0.25, -0.2) is 14.2 Å². The van der Waals surface area contributed by atoms with Gasteiger partial charge < -0.3 is 14.2 Å². The average Bonchev–Trinajstić information content (AvgIpc) is 3.35. The molecule has 0 aliphatic carbocycles. The Morgan fingerprint density at radius 2 is 1.85 bits per heavy atom. The molecule has 0 aliphatic rings. The van der Waals surface area contributed by atoms with Crippen LogP contribution in [0, 0.1) is 5.82 Å². The predicted molar refractivity (Wildman–Crippen MR) is 151 cm³/mol. The quantitative estimate of drug-likeness (QED) is 0.208. The van der Waals surface area contributed by atoms with Gasteiger partial charge in [0.05, 0.1) is 23.5 Å². The Kier molecular flexibility index (Phi) is 7.69. The number of hydrogen-bond donors (Lipinski definition) is 1. The Labute approximate surface area is 236 Å². The van der Waals surface area contributed by atoms with E-state index in [2.05, 4.69) is 20.3 Å². The van der Waals surface area contributed by atoms with Crippen LogP contribution >= 0.6 is 34.5 Å². The number of carbonyl (C=O) groups is 1. The summed E-state index contributed by atoms with van der Waals surface area (Å²) in [5.41, 5.74) is 2.16.